The molecule has 2 aromatic rings. The lowest BCUT2D eigenvalue weighted by Crippen LogP contribution is -2.17. The van der Waals surface area contributed by atoms with Crippen LogP contribution in [0.25, 0.3) is 0 Å². The van der Waals surface area contributed by atoms with E-state index in [1.54, 1.807) is 16.7 Å². The number of nitrogens with one attached hydrogen (secondary N) is 1. The van der Waals surface area contributed by atoms with Gasteiger partial charge in [0.2, 0.25) is 0 Å². The molecule has 0 spiro atoms. The van der Waals surface area contributed by atoms with E-state index in [2.05, 4.69) is 10.2 Å². The van der Waals surface area contributed by atoms with Crippen molar-refractivity contribution in [2.75, 3.05) is 5.75 Å². The fourth-order valence-electron chi connectivity index (χ4n) is 2.04. The number of hydrogen-bond donors (Lipinski definition) is 2. The number of nitrogens with two attached hydrogens (primary N) is 1. The molecule has 3 N–H and O–H groups in total. The molecule has 1 aliphatic rings. The molecular weight excluding hydrogens is 279 g/mol. The van der Waals surface area contributed by atoms with Gasteiger partial charge >= 0.3 is 5.69 Å². The van der Waals surface area contributed by atoms with E-state index in [1.807, 2.05) is 0 Å². The lowest BCUT2D eigenvalue weighted by Gasteiger charge is -2.11. The van der Waals surface area contributed by atoms with Crippen LogP contribution < -0.4 is 11.4 Å². The molecule has 7 heteroatoms. The van der Waals surface area contributed by atoms with E-state index >= 15 is 0 Å². The Morgan fingerprint density at radius 3 is 3.05 bits per heavy atom. The van der Waals surface area contributed by atoms with E-state index in [4.69, 9.17) is 5.73 Å². The minimum atomic E-state index is -0.296. The smallest absolute Gasteiger partial charge is 0.323 e. The van der Waals surface area contributed by atoms with Crippen molar-refractivity contribution in [1.82, 2.24) is 14.8 Å². The number of rotatable bonds is 5. The topological polar surface area (TPSA) is 76.7 Å². The maximum Gasteiger partial charge on any atom is 0.344 e. The number of aromatic nitrogens is 3. The van der Waals surface area contributed by atoms with Gasteiger partial charge in [-0.3, -0.25) is 4.57 Å². The predicted octanol–water partition coefficient (Wildman–Crippen LogP) is 1.84. The summed E-state index contributed by atoms with van der Waals surface area (Å²) < 4.78 is 14.8. The van der Waals surface area contributed by atoms with Crippen molar-refractivity contribution >= 4 is 11.8 Å². The minimum absolute atomic E-state index is 0.172. The van der Waals surface area contributed by atoms with E-state index in [1.165, 1.54) is 23.9 Å². The van der Waals surface area contributed by atoms with Crippen LogP contribution in [0.5, 0.6) is 0 Å². The fraction of sp³-hybridized carbons (Fsp3) is 0.385. The Morgan fingerprint density at radius 2 is 2.35 bits per heavy atom. The summed E-state index contributed by atoms with van der Waals surface area (Å²) in [7, 11) is 0. The zero-order valence-corrected chi connectivity index (χ0v) is 11.6. The number of nitrogens with zero attached hydrogens (tertiary/aromatic N) is 2. The third-order valence-electron chi connectivity index (χ3n) is 3.25. The zero-order valence-electron chi connectivity index (χ0n) is 10.8. The van der Waals surface area contributed by atoms with Crippen molar-refractivity contribution in [1.29, 1.82) is 0 Å². The predicted molar refractivity (Wildman–Crippen MR) is 75.2 cm³/mol. The average Bonchev–Trinajstić information content (AvgIpc) is 3.20. The van der Waals surface area contributed by atoms with Gasteiger partial charge in [-0.25, -0.2) is 14.3 Å². The Kier molecular flexibility index (Phi) is 3.62. The second kappa shape index (κ2) is 5.41. The molecule has 0 bridgehead atoms. The molecule has 5 nitrogen and oxygen atoms in total. The van der Waals surface area contributed by atoms with Gasteiger partial charge in [-0.15, -0.1) is 5.10 Å². The van der Waals surface area contributed by atoms with Gasteiger partial charge in [0.25, 0.3) is 0 Å². The first-order chi connectivity index (χ1) is 9.65. The molecule has 106 valence electrons. The summed E-state index contributed by atoms with van der Waals surface area (Å²) >= 11 is 1.42. The van der Waals surface area contributed by atoms with E-state index < -0.39 is 0 Å². The summed E-state index contributed by atoms with van der Waals surface area (Å²) in [6.07, 6.45) is 2.03. The van der Waals surface area contributed by atoms with Crippen molar-refractivity contribution < 1.29 is 4.39 Å². The Bertz CT molecular complexity index is 664. The number of aromatic amines is 1. The highest BCUT2D eigenvalue weighted by atomic mass is 32.2. The largest absolute Gasteiger partial charge is 0.344 e. The fourth-order valence-corrected chi connectivity index (χ4v) is 3.05. The molecule has 1 aromatic heterocycles. The summed E-state index contributed by atoms with van der Waals surface area (Å²) in [6, 6.07) is 6.24. The second-order valence-electron chi connectivity index (χ2n) is 4.89. The molecule has 0 radical (unpaired) electrons. The maximum absolute atomic E-state index is 13.1. The van der Waals surface area contributed by atoms with Gasteiger partial charge < -0.3 is 5.73 Å². The van der Waals surface area contributed by atoms with Crippen LogP contribution in [-0.4, -0.2) is 20.5 Å². The second-order valence-corrected chi connectivity index (χ2v) is 5.87. The van der Waals surface area contributed by atoms with Crippen molar-refractivity contribution in [2.45, 2.75) is 30.1 Å². The van der Waals surface area contributed by atoms with Crippen LogP contribution >= 0.6 is 11.8 Å². The monoisotopic (exact) mass is 294 g/mol. The molecule has 1 heterocycles. The lowest BCUT2D eigenvalue weighted by molar-refractivity contribution is 0.622. The normalized spacial score (nSPS) is 16.3. The Balaban J connectivity index is 1.69. The molecule has 1 aliphatic carbocycles. The molecule has 1 aromatic carbocycles. The highest BCUT2D eigenvalue weighted by Gasteiger charge is 2.28. The first-order valence-electron chi connectivity index (χ1n) is 6.46. The van der Waals surface area contributed by atoms with Crippen LogP contribution in [-0.2, 0) is 0 Å². The van der Waals surface area contributed by atoms with Gasteiger partial charge in [-0.2, -0.15) is 0 Å². The van der Waals surface area contributed by atoms with Crippen molar-refractivity contribution in [2.24, 2.45) is 5.73 Å². The van der Waals surface area contributed by atoms with Crippen molar-refractivity contribution in [3.63, 3.8) is 0 Å². The quantitative estimate of drug-likeness (QED) is 0.825. The number of benzene rings is 1. The molecule has 1 saturated carbocycles. The number of halogens is 1. The number of hydrogen-bond acceptors (Lipinski definition) is 4. The zero-order chi connectivity index (χ0) is 14.1. The molecule has 0 aliphatic heterocycles. The van der Waals surface area contributed by atoms with Crippen molar-refractivity contribution in [3.8, 4) is 0 Å². The highest BCUT2D eigenvalue weighted by molar-refractivity contribution is 7.99. The Hall–Kier alpha value is -1.60. The summed E-state index contributed by atoms with van der Waals surface area (Å²) in [5.74, 6) is 0.248. The first kappa shape index (κ1) is 13.4. The summed E-state index contributed by atoms with van der Waals surface area (Å²) in [5.41, 5.74) is 6.62. The van der Waals surface area contributed by atoms with Gasteiger partial charge in [0.15, 0.2) is 5.16 Å². The van der Waals surface area contributed by atoms with Gasteiger partial charge in [-0.1, -0.05) is 23.9 Å². The van der Waals surface area contributed by atoms with E-state index in [0.29, 0.717) is 10.9 Å². The molecule has 0 amide bonds. The van der Waals surface area contributed by atoms with Crippen molar-refractivity contribution in [3.05, 3.63) is 46.1 Å². The molecule has 3 rings (SSSR count). The molecule has 1 unspecified atom stereocenters. The minimum Gasteiger partial charge on any atom is -0.323 e. The van der Waals surface area contributed by atoms with Crippen LogP contribution in [0.1, 0.15) is 30.5 Å². The van der Waals surface area contributed by atoms with Gasteiger partial charge in [0.05, 0.1) is 0 Å². The lowest BCUT2D eigenvalue weighted by atomic mass is 10.1. The third-order valence-corrected chi connectivity index (χ3v) is 4.32. The average molecular weight is 294 g/mol. The Morgan fingerprint density at radius 1 is 1.55 bits per heavy atom. The highest BCUT2D eigenvalue weighted by Crippen LogP contribution is 2.36. The summed E-state index contributed by atoms with van der Waals surface area (Å²) in [6.45, 7) is 0. The van der Waals surface area contributed by atoms with Gasteiger partial charge in [-0.05, 0) is 30.5 Å². The van der Waals surface area contributed by atoms with Crippen LogP contribution in [0.15, 0.2) is 34.2 Å². The molecule has 1 fully saturated rings. The van der Waals surface area contributed by atoms with E-state index in [0.717, 1.165) is 18.4 Å². The molecular formula is C13H15FN4OS. The third kappa shape index (κ3) is 2.78. The Labute approximate surface area is 119 Å². The van der Waals surface area contributed by atoms with Crippen LogP contribution in [0, 0.1) is 5.82 Å². The summed E-state index contributed by atoms with van der Waals surface area (Å²) in [5, 5.41) is 7.14. The van der Waals surface area contributed by atoms with E-state index in [9.17, 15) is 9.18 Å². The standard InChI is InChI=1S/C13H15FN4OS/c14-9-3-1-2-8(6-9)11(15)7-20-13-17-16-12(19)18(13)10-4-5-10/h1-3,6,10-11H,4-5,7,15H2,(H,16,19). The summed E-state index contributed by atoms with van der Waals surface area (Å²) in [4.78, 5) is 11.6. The maximum atomic E-state index is 13.1. The number of H-pyrrole nitrogens is 1. The van der Waals surface area contributed by atoms with Gasteiger partial charge in [0.1, 0.15) is 5.82 Å². The van der Waals surface area contributed by atoms with Crippen LogP contribution in [0.2, 0.25) is 0 Å². The van der Waals surface area contributed by atoms with Crippen LogP contribution in [0.4, 0.5) is 4.39 Å². The SMILES string of the molecule is NC(CSc1n[nH]c(=O)n1C1CC1)c1cccc(F)c1. The van der Waals surface area contributed by atoms with Gasteiger partial charge in [0, 0.05) is 17.8 Å². The molecule has 20 heavy (non-hydrogen) atoms. The van der Waals surface area contributed by atoms with E-state index in [-0.39, 0.29) is 23.6 Å². The number of thioether (sulfide) groups is 1. The van der Waals surface area contributed by atoms with Crippen LogP contribution in [0.3, 0.4) is 0 Å². The molecule has 0 saturated heterocycles. The molecule has 1 atom stereocenters. The first-order valence-corrected chi connectivity index (χ1v) is 7.44.